The standard InChI is InChI=1S/C23H20N2/c1-2-5-20-18(4-1)7-10-23-21-9-6-17(14-19(21)8-11-22(20)23)15-25-13-3-12-24-16-25/h1-2,4-11,14,16H,3,12-13,15H2. The average Bonchev–Trinajstić information content (AvgIpc) is 2.68. The lowest BCUT2D eigenvalue weighted by atomic mass is 9.96. The first kappa shape index (κ1) is 14.5. The lowest BCUT2D eigenvalue weighted by molar-refractivity contribution is 0.401. The van der Waals surface area contributed by atoms with E-state index in [0.717, 1.165) is 26.1 Å². The van der Waals surface area contributed by atoms with Gasteiger partial charge in [0.15, 0.2) is 0 Å². The molecule has 4 aromatic rings. The third-order valence-corrected chi connectivity index (χ3v) is 5.17. The third-order valence-electron chi connectivity index (χ3n) is 5.17. The lowest BCUT2D eigenvalue weighted by Gasteiger charge is -2.22. The molecule has 0 saturated heterocycles. The monoisotopic (exact) mass is 324 g/mol. The van der Waals surface area contributed by atoms with E-state index in [0.29, 0.717) is 0 Å². The Hall–Kier alpha value is -2.87. The molecule has 0 fully saturated rings. The van der Waals surface area contributed by atoms with Crippen LogP contribution in [0.25, 0.3) is 32.3 Å². The van der Waals surface area contributed by atoms with Crippen LogP contribution in [0, 0.1) is 0 Å². The number of fused-ring (bicyclic) bond motifs is 5. The summed E-state index contributed by atoms with van der Waals surface area (Å²) < 4.78 is 0. The predicted molar refractivity (Wildman–Crippen MR) is 107 cm³/mol. The molecule has 0 amide bonds. The minimum Gasteiger partial charge on any atom is -0.359 e. The number of hydrogen-bond acceptors (Lipinski definition) is 2. The van der Waals surface area contributed by atoms with E-state index in [1.165, 1.54) is 37.9 Å². The first-order valence-electron chi connectivity index (χ1n) is 8.96. The molecule has 0 radical (unpaired) electrons. The van der Waals surface area contributed by atoms with Gasteiger partial charge in [-0.25, -0.2) is 0 Å². The normalized spacial score (nSPS) is 14.6. The Morgan fingerprint density at radius 3 is 2.36 bits per heavy atom. The maximum atomic E-state index is 4.39. The largest absolute Gasteiger partial charge is 0.359 e. The highest BCUT2D eigenvalue weighted by Gasteiger charge is 2.08. The second-order valence-corrected chi connectivity index (χ2v) is 6.85. The van der Waals surface area contributed by atoms with Crippen LogP contribution >= 0.6 is 0 Å². The van der Waals surface area contributed by atoms with Crippen molar-refractivity contribution in [1.29, 1.82) is 0 Å². The van der Waals surface area contributed by atoms with Crippen LogP contribution in [0.2, 0.25) is 0 Å². The fraction of sp³-hybridized carbons (Fsp3) is 0.174. The van der Waals surface area contributed by atoms with E-state index >= 15 is 0 Å². The first-order valence-corrected chi connectivity index (χ1v) is 8.96. The van der Waals surface area contributed by atoms with Crippen molar-refractivity contribution in [3.05, 3.63) is 72.3 Å². The molecular formula is C23H20N2. The molecule has 0 bridgehead atoms. The van der Waals surface area contributed by atoms with Crippen molar-refractivity contribution in [2.45, 2.75) is 13.0 Å². The van der Waals surface area contributed by atoms with Crippen molar-refractivity contribution in [2.75, 3.05) is 13.1 Å². The van der Waals surface area contributed by atoms with Gasteiger partial charge in [-0.2, -0.15) is 0 Å². The summed E-state index contributed by atoms with van der Waals surface area (Å²) in [5.41, 5.74) is 1.35. The number of hydrogen-bond donors (Lipinski definition) is 0. The van der Waals surface area contributed by atoms with E-state index in [2.05, 4.69) is 76.6 Å². The molecule has 4 aromatic carbocycles. The number of aliphatic imine (C=N–C) groups is 1. The van der Waals surface area contributed by atoms with Crippen LogP contribution in [0.4, 0.5) is 0 Å². The molecule has 25 heavy (non-hydrogen) atoms. The number of rotatable bonds is 2. The van der Waals surface area contributed by atoms with Gasteiger partial charge >= 0.3 is 0 Å². The summed E-state index contributed by atoms with van der Waals surface area (Å²) in [5, 5.41) is 7.95. The molecule has 0 saturated carbocycles. The van der Waals surface area contributed by atoms with E-state index in [-0.39, 0.29) is 0 Å². The fourth-order valence-electron chi connectivity index (χ4n) is 3.93. The average molecular weight is 324 g/mol. The summed E-state index contributed by atoms with van der Waals surface area (Å²) in [6, 6.07) is 24.5. The molecule has 0 N–H and O–H groups in total. The molecule has 0 aliphatic carbocycles. The van der Waals surface area contributed by atoms with Crippen LogP contribution in [0.1, 0.15) is 12.0 Å². The smallest absolute Gasteiger partial charge is 0.0852 e. The summed E-state index contributed by atoms with van der Waals surface area (Å²) in [5.74, 6) is 0. The Morgan fingerprint density at radius 1 is 0.760 bits per heavy atom. The number of benzene rings is 4. The van der Waals surface area contributed by atoms with Crippen LogP contribution in [0.15, 0.2) is 71.7 Å². The third kappa shape index (κ3) is 2.54. The van der Waals surface area contributed by atoms with E-state index in [4.69, 9.17) is 0 Å². The van der Waals surface area contributed by atoms with Gasteiger partial charge in [-0.05, 0) is 50.4 Å². The Balaban J connectivity index is 1.63. The van der Waals surface area contributed by atoms with Crippen molar-refractivity contribution < 1.29 is 0 Å². The quantitative estimate of drug-likeness (QED) is 0.452. The zero-order valence-corrected chi connectivity index (χ0v) is 14.2. The maximum absolute atomic E-state index is 4.39. The van der Waals surface area contributed by atoms with Crippen molar-refractivity contribution in [3.63, 3.8) is 0 Å². The molecule has 122 valence electrons. The molecule has 0 atom stereocenters. The van der Waals surface area contributed by atoms with Crippen molar-refractivity contribution in [2.24, 2.45) is 4.99 Å². The Kier molecular flexibility index (Phi) is 3.41. The van der Waals surface area contributed by atoms with Gasteiger partial charge in [-0.1, -0.05) is 60.7 Å². The van der Waals surface area contributed by atoms with Gasteiger partial charge in [0.25, 0.3) is 0 Å². The zero-order valence-electron chi connectivity index (χ0n) is 14.2. The summed E-state index contributed by atoms with van der Waals surface area (Å²) in [4.78, 5) is 6.69. The molecule has 5 rings (SSSR count). The Labute approximate surface area is 147 Å². The van der Waals surface area contributed by atoms with Gasteiger partial charge in [-0.3, -0.25) is 4.99 Å². The van der Waals surface area contributed by atoms with Crippen LogP contribution in [-0.4, -0.2) is 24.3 Å². The Morgan fingerprint density at radius 2 is 1.52 bits per heavy atom. The molecular weight excluding hydrogens is 304 g/mol. The van der Waals surface area contributed by atoms with E-state index < -0.39 is 0 Å². The predicted octanol–water partition coefficient (Wildman–Crippen LogP) is 5.38. The molecule has 0 spiro atoms. The minimum atomic E-state index is 0.940. The van der Waals surface area contributed by atoms with Crippen molar-refractivity contribution in [1.82, 2.24) is 4.90 Å². The highest BCUT2D eigenvalue weighted by Crippen LogP contribution is 2.31. The van der Waals surface area contributed by atoms with Gasteiger partial charge in [0.1, 0.15) is 0 Å². The van der Waals surface area contributed by atoms with Crippen LogP contribution < -0.4 is 0 Å². The van der Waals surface area contributed by atoms with E-state index in [1.807, 2.05) is 6.34 Å². The molecule has 0 unspecified atom stereocenters. The molecule has 1 aliphatic rings. The minimum absolute atomic E-state index is 0.940. The number of nitrogens with zero attached hydrogens (tertiary/aromatic N) is 2. The summed E-state index contributed by atoms with van der Waals surface area (Å²) in [6.07, 6.45) is 3.15. The highest BCUT2D eigenvalue weighted by molar-refractivity contribution is 6.17. The van der Waals surface area contributed by atoms with Gasteiger partial charge in [-0.15, -0.1) is 0 Å². The van der Waals surface area contributed by atoms with Gasteiger partial charge in [0, 0.05) is 19.6 Å². The fourth-order valence-corrected chi connectivity index (χ4v) is 3.93. The molecule has 0 aromatic heterocycles. The summed E-state index contributed by atoms with van der Waals surface area (Å²) in [6.45, 7) is 3.01. The maximum Gasteiger partial charge on any atom is 0.0852 e. The molecule has 2 heteroatoms. The lowest BCUT2D eigenvalue weighted by Crippen LogP contribution is -2.26. The van der Waals surface area contributed by atoms with Gasteiger partial charge in [0.05, 0.1) is 6.34 Å². The summed E-state index contributed by atoms with van der Waals surface area (Å²) >= 11 is 0. The van der Waals surface area contributed by atoms with Crippen LogP contribution in [0.3, 0.4) is 0 Å². The van der Waals surface area contributed by atoms with Crippen LogP contribution in [0.5, 0.6) is 0 Å². The molecule has 1 heterocycles. The van der Waals surface area contributed by atoms with Crippen molar-refractivity contribution >= 4 is 38.7 Å². The second-order valence-electron chi connectivity index (χ2n) is 6.85. The highest BCUT2D eigenvalue weighted by atomic mass is 15.2. The molecule has 1 aliphatic heterocycles. The van der Waals surface area contributed by atoms with E-state index in [1.54, 1.807) is 0 Å². The van der Waals surface area contributed by atoms with Crippen LogP contribution in [-0.2, 0) is 6.54 Å². The first-order chi connectivity index (χ1) is 12.4. The zero-order chi connectivity index (χ0) is 16.6. The summed E-state index contributed by atoms with van der Waals surface area (Å²) in [7, 11) is 0. The van der Waals surface area contributed by atoms with E-state index in [9.17, 15) is 0 Å². The SMILES string of the molecule is C1=NCCCN1Cc1ccc2c(ccc3c4ccccc4ccc23)c1. The van der Waals surface area contributed by atoms with Gasteiger partial charge < -0.3 is 4.90 Å². The Bertz CT molecular complexity index is 1110. The second kappa shape index (κ2) is 5.89. The van der Waals surface area contributed by atoms with Crippen molar-refractivity contribution in [3.8, 4) is 0 Å². The van der Waals surface area contributed by atoms with Gasteiger partial charge in [0.2, 0.25) is 0 Å². The molecule has 2 nitrogen and oxygen atoms in total. The topological polar surface area (TPSA) is 15.6 Å².